The Morgan fingerprint density at radius 2 is 1.56 bits per heavy atom. The van der Waals surface area contributed by atoms with Gasteiger partial charge < -0.3 is 9.26 Å². The van der Waals surface area contributed by atoms with Crippen LogP contribution in [-0.2, 0) is 0 Å². The molecule has 0 bridgehead atoms. The van der Waals surface area contributed by atoms with E-state index >= 15 is 0 Å². The third-order valence-electron chi connectivity index (χ3n) is 2.17. The zero-order valence-corrected chi connectivity index (χ0v) is 9.22. The normalized spacial score (nSPS) is 10.8. The Bertz CT molecular complexity index is 583. The average Bonchev–Trinajstić information content (AvgIpc) is 2.74. The van der Waals surface area contributed by atoms with Crippen molar-refractivity contribution in [3.8, 4) is 17.2 Å². The Kier molecular flexibility index (Phi) is 2.93. The van der Waals surface area contributed by atoms with E-state index in [1.54, 1.807) is 0 Å². The van der Waals surface area contributed by atoms with Gasteiger partial charge in [0.1, 0.15) is 5.56 Å². The monoisotopic (exact) mass is 262 g/mol. The highest BCUT2D eigenvalue weighted by Crippen LogP contribution is 2.34. The van der Waals surface area contributed by atoms with Gasteiger partial charge in [-0.25, -0.2) is 8.78 Å². The van der Waals surface area contributed by atoms with Crippen molar-refractivity contribution in [2.75, 3.05) is 7.11 Å². The van der Waals surface area contributed by atoms with E-state index in [9.17, 15) is 17.6 Å². The van der Waals surface area contributed by atoms with Gasteiger partial charge in [0, 0.05) is 0 Å². The van der Waals surface area contributed by atoms with Crippen LogP contribution in [-0.4, -0.2) is 17.3 Å². The molecule has 8 heteroatoms. The molecule has 2 aromatic rings. The number of aryl methyl sites for hydroxylation is 1. The van der Waals surface area contributed by atoms with Crippen molar-refractivity contribution in [1.82, 2.24) is 10.1 Å². The molecule has 1 heterocycles. The molecule has 0 spiro atoms. The lowest BCUT2D eigenvalue weighted by Crippen LogP contribution is -2.03. The van der Waals surface area contributed by atoms with Crippen LogP contribution in [0.5, 0.6) is 5.75 Å². The van der Waals surface area contributed by atoms with E-state index in [0.29, 0.717) is 0 Å². The van der Waals surface area contributed by atoms with Crippen LogP contribution in [0.3, 0.4) is 0 Å². The summed E-state index contributed by atoms with van der Waals surface area (Å²) in [5, 5.41) is 3.28. The molecular weight excluding hydrogens is 256 g/mol. The highest BCUT2D eigenvalue weighted by atomic mass is 19.2. The van der Waals surface area contributed by atoms with Gasteiger partial charge in [0.2, 0.25) is 11.6 Å². The second-order valence-corrected chi connectivity index (χ2v) is 3.31. The zero-order chi connectivity index (χ0) is 13.4. The number of benzene rings is 1. The second-order valence-electron chi connectivity index (χ2n) is 3.31. The molecule has 1 aromatic heterocycles. The molecule has 0 aliphatic heterocycles. The number of methoxy groups -OCH3 is 1. The predicted octanol–water partition coefficient (Wildman–Crippen LogP) is 2.61. The first-order valence-electron chi connectivity index (χ1n) is 4.68. The van der Waals surface area contributed by atoms with Crippen molar-refractivity contribution in [2.45, 2.75) is 6.92 Å². The van der Waals surface area contributed by atoms with Crippen molar-refractivity contribution in [3.63, 3.8) is 0 Å². The molecule has 0 unspecified atom stereocenters. The van der Waals surface area contributed by atoms with Crippen molar-refractivity contribution in [1.29, 1.82) is 0 Å². The van der Waals surface area contributed by atoms with Gasteiger partial charge in [-0.3, -0.25) is 0 Å². The van der Waals surface area contributed by atoms with Crippen LogP contribution >= 0.6 is 0 Å². The van der Waals surface area contributed by atoms with Crippen LogP contribution in [0.25, 0.3) is 11.5 Å². The number of ether oxygens (including phenoxy) is 1. The van der Waals surface area contributed by atoms with Crippen LogP contribution in [0.1, 0.15) is 5.82 Å². The molecular formula is C10H6F4N2O2. The average molecular weight is 262 g/mol. The Morgan fingerprint density at radius 3 is 1.94 bits per heavy atom. The minimum atomic E-state index is -1.66. The van der Waals surface area contributed by atoms with Gasteiger partial charge in [-0.1, -0.05) is 5.16 Å². The van der Waals surface area contributed by atoms with Crippen LogP contribution in [0, 0.1) is 30.2 Å². The molecule has 18 heavy (non-hydrogen) atoms. The second kappa shape index (κ2) is 4.28. The van der Waals surface area contributed by atoms with Crippen LogP contribution in [0.2, 0.25) is 0 Å². The molecule has 0 radical (unpaired) electrons. The molecule has 0 amide bonds. The maximum atomic E-state index is 13.6. The highest BCUT2D eigenvalue weighted by Gasteiger charge is 2.29. The number of hydrogen-bond acceptors (Lipinski definition) is 4. The summed E-state index contributed by atoms with van der Waals surface area (Å²) in [4.78, 5) is 3.51. The molecule has 0 aliphatic rings. The van der Waals surface area contributed by atoms with Crippen molar-refractivity contribution in [2.24, 2.45) is 0 Å². The van der Waals surface area contributed by atoms with Gasteiger partial charge in [-0.05, 0) is 6.92 Å². The lowest BCUT2D eigenvalue weighted by molar-refractivity contribution is 0.331. The number of aromatic nitrogens is 2. The Balaban J connectivity index is 2.76. The number of halogens is 4. The molecule has 0 aliphatic carbocycles. The first-order valence-corrected chi connectivity index (χ1v) is 4.68. The highest BCUT2D eigenvalue weighted by molar-refractivity contribution is 5.57. The lowest BCUT2D eigenvalue weighted by Gasteiger charge is -2.08. The smallest absolute Gasteiger partial charge is 0.264 e. The molecule has 0 atom stereocenters. The number of nitrogens with zero attached hydrogens (tertiary/aromatic N) is 2. The summed E-state index contributed by atoms with van der Waals surface area (Å²) in [7, 11) is 0.886. The Labute approximate surface area is 98.2 Å². The summed E-state index contributed by atoms with van der Waals surface area (Å²) in [6.45, 7) is 1.39. The van der Waals surface area contributed by atoms with Crippen molar-refractivity contribution >= 4 is 0 Å². The molecule has 0 saturated carbocycles. The van der Waals surface area contributed by atoms with Crippen LogP contribution in [0.4, 0.5) is 17.6 Å². The van der Waals surface area contributed by atoms with E-state index in [1.165, 1.54) is 6.92 Å². The molecule has 96 valence electrons. The topological polar surface area (TPSA) is 48.2 Å². The summed E-state index contributed by atoms with van der Waals surface area (Å²) in [5.41, 5.74) is -1.06. The van der Waals surface area contributed by atoms with E-state index in [-0.39, 0.29) is 5.82 Å². The van der Waals surface area contributed by atoms with Gasteiger partial charge in [0.05, 0.1) is 7.11 Å². The van der Waals surface area contributed by atoms with E-state index < -0.39 is 40.5 Å². The summed E-state index contributed by atoms with van der Waals surface area (Å²) in [5.74, 6) is -8.37. The van der Waals surface area contributed by atoms with Crippen LogP contribution < -0.4 is 4.74 Å². The number of rotatable bonds is 2. The molecule has 1 aromatic carbocycles. The first-order chi connectivity index (χ1) is 8.47. The SMILES string of the molecule is COc1c(F)c(F)c(-c2nc(C)no2)c(F)c1F. The lowest BCUT2D eigenvalue weighted by atomic mass is 10.1. The van der Waals surface area contributed by atoms with Crippen molar-refractivity contribution < 1.29 is 26.8 Å². The van der Waals surface area contributed by atoms with Crippen LogP contribution in [0.15, 0.2) is 4.52 Å². The quantitative estimate of drug-likeness (QED) is 0.616. The largest absolute Gasteiger partial charge is 0.491 e. The van der Waals surface area contributed by atoms with E-state index in [0.717, 1.165) is 7.11 Å². The fourth-order valence-corrected chi connectivity index (χ4v) is 1.38. The third kappa shape index (κ3) is 1.69. The third-order valence-corrected chi connectivity index (χ3v) is 2.17. The standard InChI is InChI=1S/C10H6F4N2O2/c1-3-15-10(18-16-3)4-5(11)7(13)9(17-2)8(14)6(4)12/h1-2H3. The molecule has 0 fully saturated rings. The minimum absolute atomic E-state index is 0.0698. The van der Waals surface area contributed by atoms with E-state index in [4.69, 9.17) is 0 Å². The van der Waals surface area contributed by atoms with Crippen molar-refractivity contribution in [3.05, 3.63) is 29.1 Å². The molecule has 4 nitrogen and oxygen atoms in total. The molecule has 0 saturated heterocycles. The first kappa shape index (κ1) is 12.3. The maximum Gasteiger partial charge on any atom is 0.264 e. The fourth-order valence-electron chi connectivity index (χ4n) is 1.38. The fraction of sp³-hybridized carbons (Fsp3) is 0.200. The Hall–Kier alpha value is -2.12. The van der Waals surface area contributed by atoms with Gasteiger partial charge in [0.25, 0.3) is 5.89 Å². The van der Waals surface area contributed by atoms with Gasteiger partial charge >= 0.3 is 0 Å². The summed E-state index contributed by atoms with van der Waals surface area (Å²) in [6, 6.07) is 0. The van der Waals surface area contributed by atoms with Gasteiger partial charge in [-0.15, -0.1) is 0 Å². The maximum absolute atomic E-state index is 13.6. The summed E-state index contributed by atoms with van der Waals surface area (Å²) < 4.78 is 62.7. The molecule has 2 rings (SSSR count). The summed E-state index contributed by atoms with van der Waals surface area (Å²) >= 11 is 0. The van der Waals surface area contributed by atoms with Gasteiger partial charge in [0.15, 0.2) is 23.2 Å². The van der Waals surface area contributed by atoms with E-state index in [2.05, 4.69) is 19.4 Å². The molecule has 0 N–H and O–H groups in total. The van der Waals surface area contributed by atoms with E-state index in [1.807, 2.05) is 0 Å². The Morgan fingerprint density at radius 1 is 1.00 bits per heavy atom. The number of hydrogen-bond donors (Lipinski definition) is 0. The zero-order valence-electron chi connectivity index (χ0n) is 9.22. The summed E-state index contributed by atoms with van der Waals surface area (Å²) in [6.07, 6.45) is 0. The van der Waals surface area contributed by atoms with Gasteiger partial charge in [-0.2, -0.15) is 13.8 Å². The minimum Gasteiger partial charge on any atom is -0.491 e. The predicted molar refractivity (Wildman–Crippen MR) is 50.9 cm³/mol.